The van der Waals surface area contributed by atoms with Crippen LogP contribution in [0.3, 0.4) is 0 Å². The van der Waals surface area contributed by atoms with E-state index < -0.39 is 55.7 Å². The molecule has 5 rings (SSSR count). The first-order valence-corrected chi connectivity index (χ1v) is 18.2. The molecule has 1 saturated carbocycles. The highest BCUT2D eigenvalue weighted by Crippen LogP contribution is 2.36. The molecule has 0 bridgehead atoms. The minimum Gasteiger partial charge on any atom is -0.495 e. The number of amides is 2. The number of ether oxygens (including phenoxy) is 1. The number of nitro groups is 1. The molecule has 0 saturated heterocycles. The maximum Gasteiger partial charge on any atom is 0.273 e. The van der Waals surface area contributed by atoms with Crippen LogP contribution < -0.4 is 14.4 Å². The number of nitrogens with one attached hydrogen (secondary N) is 1. The van der Waals surface area contributed by atoms with E-state index in [4.69, 9.17) is 16.3 Å². The Morgan fingerprint density at radius 3 is 2.37 bits per heavy atom. The lowest BCUT2D eigenvalue weighted by Gasteiger charge is -2.34. The van der Waals surface area contributed by atoms with Crippen LogP contribution in [0.4, 0.5) is 15.8 Å². The molecule has 0 aliphatic heterocycles. The normalized spacial score (nSPS) is 13.7. The molecule has 2 amide bonds. The summed E-state index contributed by atoms with van der Waals surface area (Å²) in [6.45, 7) is 0.217. The summed E-state index contributed by atoms with van der Waals surface area (Å²) in [5, 5.41) is 15.0. The van der Waals surface area contributed by atoms with E-state index in [1.807, 2.05) is 6.07 Å². The quantitative estimate of drug-likeness (QED) is 0.114. The first kappa shape index (κ1) is 37.3. The number of nitrogens with zero attached hydrogens (tertiary/aromatic N) is 3. The van der Waals surface area contributed by atoms with Crippen LogP contribution in [0, 0.1) is 22.9 Å². The van der Waals surface area contributed by atoms with E-state index in [1.165, 1.54) is 67.5 Å². The highest BCUT2D eigenvalue weighted by molar-refractivity contribution is 7.92. The summed E-state index contributed by atoms with van der Waals surface area (Å²) in [5.41, 5.74) is 0.510. The average molecular weight is 737 g/mol. The molecule has 1 unspecified atom stereocenters. The molecule has 1 aliphatic rings. The zero-order valence-corrected chi connectivity index (χ0v) is 29.7. The van der Waals surface area contributed by atoms with Crippen LogP contribution in [0.1, 0.15) is 42.4 Å². The van der Waals surface area contributed by atoms with Gasteiger partial charge in [0.2, 0.25) is 11.8 Å². The van der Waals surface area contributed by atoms with Crippen molar-refractivity contribution in [3.8, 4) is 5.75 Å². The number of carbonyl (C=O) groups is 2. The van der Waals surface area contributed by atoms with Gasteiger partial charge < -0.3 is 15.0 Å². The highest BCUT2D eigenvalue weighted by Gasteiger charge is 2.37. The van der Waals surface area contributed by atoms with E-state index in [1.54, 1.807) is 30.3 Å². The van der Waals surface area contributed by atoms with Crippen molar-refractivity contribution in [1.29, 1.82) is 0 Å². The number of aryl methyl sites for hydroxylation is 1. The minimum atomic E-state index is -4.74. The minimum absolute atomic E-state index is 0.0397. The highest BCUT2D eigenvalue weighted by atomic mass is 35.5. The number of hydrogen-bond acceptors (Lipinski definition) is 7. The van der Waals surface area contributed by atoms with Crippen molar-refractivity contribution in [3.63, 3.8) is 0 Å². The number of anilines is 1. The lowest BCUT2D eigenvalue weighted by atomic mass is 10.0. The summed E-state index contributed by atoms with van der Waals surface area (Å²) in [7, 11) is -3.43. The van der Waals surface area contributed by atoms with Gasteiger partial charge in [0.05, 0.1) is 22.6 Å². The van der Waals surface area contributed by atoms with Crippen LogP contribution in [-0.4, -0.2) is 55.8 Å². The predicted octanol–water partition coefficient (Wildman–Crippen LogP) is 6.60. The second kappa shape index (κ2) is 16.3. The van der Waals surface area contributed by atoms with Gasteiger partial charge in [0.25, 0.3) is 15.7 Å². The summed E-state index contributed by atoms with van der Waals surface area (Å²) in [6, 6.07) is 21.2. The Balaban J connectivity index is 1.64. The Morgan fingerprint density at radius 1 is 1.02 bits per heavy atom. The number of rotatable bonds is 14. The molecule has 1 atom stereocenters. The summed E-state index contributed by atoms with van der Waals surface area (Å²) < 4.78 is 50.4. The van der Waals surface area contributed by atoms with Crippen LogP contribution in [0.5, 0.6) is 5.75 Å². The first-order valence-electron chi connectivity index (χ1n) is 16.4. The Kier molecular flexibility index (Phi) is 11.9. The Hall–Kier alpha value is -5.01. The van der Waals surface area contributed by atoms with Gasteiger partial charge in [-0.15, -0.1) is 0 Å². The molecule has 4 aromatic carbocycles. The van der Waals surface area contributed by atoms with Gasteiger partial charge in [-0.25, -0.2) is 12.8 Å². The smallest absolute Gasteiger partial charge is 0.273 e. The third-order valence-corrected chi connectivity index (χ3v) is 10.9. The van der Waals surface area contributed by atoms with E-state index in [9.17, 15) is 28.1 Å². The number of halogens is 2. The van der Waals surface area contributed by atoms with E-state index in [0.29, 0.717) is 0 Å². The second-order valence-corrected chi connectivity index (χ2v) is 14.6. The van der Waals surface area contributed by atoms with Gasteiger partial charge in [-0.2, -0.15) is 0 Å². The molecule has 1 aliphatic carbocycles. The van der Waals surface area contributed by atoms with Crippen molar-refractivity contribution in [3.05, 3.63) is 129 Å². The van der Waals surface area contributed by atoms with Crippen molar-refractivity contribution in [1.82, 2.24) is 10.2 Å². The topological polar surface area (TPSA) is 139 Å². The summed E-state index contributed by atoms with van der Waals surface area (Å²) in [6.07, 6.45) is 3.48. The van der Waals surface area contributed by atoms with Gasteiger partial charge >= 0.3 is 0 Å². The zero-order valence-electron chi connectivity index (χ0n) is 28.1. The summed E-state index contributed by atoms with van der Waals surface area (Å²) in [4.78, 5) is 40.7. The molecule has 0 heterocycles. The number of carbonyl (C=O) groups excluding carboxylic acids is 2. The number of hydrogen-bond donors (Lipinski definition) is 1. The Morgan fingerprint density at radius 2 is 1.71 bits per heavy atom. The first-order chi connectivity index (χ1) is 24.4. The molecule has 4 aromatic rings. The molecule has 51 heavy (non-hydrogen) atoms. The van der Waals surface area contributed by atoms with E-state index in [-0.39, 0.29) is 46.6 Å². The van der Waals surface area contributed by atoms with Crippen LogP contribution >= 0.6 is 11.6 Å². The SMILES string of the molecule is COc1ccc(Cl)cc1N(CC(=O)N(Cc1ccccc1F)C(Cc1ccccc1)C(=O)NC1CCCC1)S(=O)(=O)c1ccc(C)c([N+](=O)[O-])c1. The Bertz CT molecular complexity index is 2010. The van der Waals surface area contributed by atoms with Gasteiger partial charge in [0, 0.05) is 41.2 Å². The molecule has 0 radical (unpaired) electrons. The van der Waals surface area contributed by atoms with Crippen molar-refractivity contribution < 1.29 is 32.1 Å². The standard InChI is InChI=1S/C37H38ClFN4O7S/c1-25-16-18-30(22-32(25)43(46)47)51(48,49)42(33-21-28(38)17-19-35(33)50-2)24-36(44)41(23-27-12-6-9-15-31(27)39)34(20-26-10-4-3-5-11-26)37(45)40-29-13-7-8-14-29/h3-6,9-12,15-19,21-22,29,34H,7-8,13-14,20,23-24H2,1-2H3,(H,40,45). The number of benzene rings is 4. The van der Waals surface area contributed by atoms with Gasteiger partial charge in [-0.05, 0) is 55.7 Å². The third-order valence-electron chi connectivity index (χ3n) is 8.92. The maximum atomic E-state index is 15.2. The molecule has 268 valence electrons. The number of nitro benzene ring substituents is 1. The van der Waals surface area contributed by atoms with Gasteiger partial charge in [0.15, 0.2) is 0 Å². The molecular formula is C37H38ClFN4O7S. The third kappa shape index (κ3) is 8.84. The van der Waals surface area contributed by atoms with Gasteiger partial charge in [-0.1, -0.05) is 79.0 Å². The van der Waals surface area contributed by atoms with E-state index in [0.717, 1.165) is 41.6 Å². The molecule has 1 fully saturated rings. The molecule has 11 nitrogen and oxygen atoms in total. The average Bonchev–Trinajstić information content (AvgIpc) is 3.62. The summed E-state index contributed by atoms with van der Waals surface area (Å²) in [5.74, 6) is -1.87. The monoisotopic (exact) mass is 736 g/mol. The van der Waals surface area contributed by atoms with Crippen molar-refractivity contribution in [2.45, 2.75) is 62.6 Å². The zero-order chi connectivity index (χ0) is 36.7. The molecule has 0 aromatic heterocycles. The largest absolute Gasteiger partial charge is 0.495 e. The van der Waals surface area contributed by atoms with Crippen LogP contribution in [0.2, 0.25) is 5.02 Å². The molecule has 1 N–H and O–H groups in total. The lowest BCUT2D eigenvalue weighted by Crippen LogP contribution is -2.54. The maximum absolute atomic E-state index is 15.2. The van der Waals surface area contributed by atoms with Crippen LogP contribution in [0.15, 0.2) is 95.9 Å². The predicted molar refractivity (Wildman–Crippen MR) is 192 cm³/mol. The number of methoxy groups -OCH3 is 1. The van der Waals surface area contributed by atoms with Crippen molar-refractivity contribution in [2.75, 3.05) is 18.0 Å². The van der Waals surface area contributed by atoms with Crippen molar-refractivity contribution >= 4 is 44.8 Å². The number of sulfonamides is 1. The van der Waals surface area contributed by atoms with Gasteiger partial charge in [-0.3, -0.25) is 24.0 Å². The fourth-order valence-electron chi connectivity index (χ4n) is 6.18. The molecule has 0 spiro atoms. The van der Waals surface area contributed by atoms with Crippen LogP contribution in [-0.2, 0) is 32.6 Å². The second-order valence-electron chi connectivity index (χ2n) is 12.3. The van der Waals surface area contributed by atoms with E-state index in [2.05, 4.69) is 5.32 Å². The molecule has 14 heteroatoms. The lowest BCUT2D eigenvalue weighted by molar-refractivity contribution is -0.385. The fraction of sp³-hybridized carbons (Fsp3) is 0.297. The van der Waals surface area contributed by atoms with Crippen LogP contribution in [0.25, 0.3) is 0 Å². The van der Waals surface area contributed by atoms with Crippen molar-refractivity contribution in [2.24, 2.45) is 0 Å². The fourth-order valence-corrected chi connectivity index (χ4v) is 7.78. The Labute approximate surface area is 301 Å². The molecular weight excluding hydrogens is 699 g/mol. The van der Waals surface area contributed by atoms with E-state index >= 15 is 4.39 Å². The van der Waals surface area contributed by atoms with Gasteiger partial charge in [0.1, 0.15) is 24.2 Å². The summed E-state index contributed by atoms with van der Waals surface area (Å²) >= 11 is 6.33.